The summed E-state index contributed by atoms with van der Waals surface area (Å²) in [4.78, 5) is 0. The molecule has 0 fully saturated rings. The molecule has 1 aromatic rings. The van der Waals surface area contributed by atoms with E-state index >= 15 is 0 Å². The summed E-state index contributed by atoms with van der Waals surface area (Å²) in [6, 6.07) is 8.52. The van der Waals surface area contributed by atoms with E-state index < -0.39 is 6.10 Å². The molecule has 0 unspecified atom stereocenters. The Kier molecular flexibility index (Phi) is 3.92. The Morgan fingerprint density at radius 2 is 2.00 bits per heavy atom. The lowest BCUT2D eigenvalue weighted by Gasteiger charge is -2.09. The van der Waals surface area contributed by atoms with E-state index in [1.807, 2.05) is 6.07 Å². The van der Waals surface area contributed by atoms with Gasteiger partial charge in [-0.25, -0.2) is 0 Å². The van der Waals surface area contributed by atoms with Crippen molar-refractivity contribution in [1.29, 1.82) is 5.26 Å². The average molecular weight is 193 g/mol. The Bertz CT molecular complexity index is 315. The van der Waals surface area contributed by atoms with Crippen molar-refractivity contribution >= 4 is 0 Å². The highest BCUT2D eigenvalue weighted by molar-refractivity contribution is 5.34. The topological polar surface area (TPSA) is 73.5 Å². The van der Waals surface area contributed by atoms with Gasteiger partial charge in [0.05, 0.1) is 18.2 Å². The first kappa shape index (κ1) is 10.5. The van der Waals surface area contributed by atoms with Crippen LogP contribution in [-0.4, -0.2) is 29.5 Å². The highest BCUT2D eigenvalue weighted by Gasteiger charge is 2.02. The Hall–Kier alpha value is -1.57. The van der Waals surface area contributed by atoms with Gasteiger partial charge in [-0.1, -0.05) is 0 Å². The molecular formula is C10H11NO3. The van der Waals surface area contributed by atoms with E-state index in [4.69, 9.17) is 20.2 Å². The number of nitrogens with zero attached hydrogens (tertiary/aromatic N) is 1. The predicted molar refractivity (Wildman–Crippen MR) is 49.7 cm³/mol. The van der Waals surface area contributed by atoms with Crippen LogP contribution in [0.5, 0.6) is 5.75 Å². The minimum absolute atomic E-state index is 0.0440. The van der Waals surface area contributed by atoms with Crippen molar-refractivity contribution in [3.05, 3.63) is 29.8 Å². The van der Waals surface area contributed by atoms with Crippen LogP contribution in [0.4, 0.5) is 0 Å². The van der Waals surface area contributed by atoms with Crippen molar-refractivity contribution in [3.63, 3.8) is 0 Å². The third-order valence-corrected chi connectivity index (χ3v) is 1.64. The van der Waals surface area contributed by atoms with E-state index in [0.29, 0.717) is 11.3 Å². The second kappa shape index (κ2) is 5.22. The van der Waals surface area contributed by atoms with Crippen LogP contribution < -0.4 is 4.74 Å². The fraction of sp³-hybridized carbons (Fsp3) is 0.300. The average Bonchev–Trinajstić information content (AvgIpc) is 2.26. The van der Waals surface area contributed by atoms with Gasteiger partial charge in [0, 0.05) is 0 Å². The maximum atomic E-state index is 8.99. The zero-order valence-corrected chi connectivity index (χ0v) is 7.55. The third-order valence-electron chi connectivity index (χ3n) is 1.64. The molecule has 4 heteroatoms. The normalized spacial score (nSPS) is 11.8. The second-order valence-electron chi connectivity index (χ2n) is 2.78. The number of aliphatic hydroxyl groups is 2. The maximum Gasteiger partial charge on any atom is 0.119 e. The summed E-state index contributed by atoms with van der Waals surface area (Å²) in [5.74, 6) is 0.566. The third kappa shape index (κ3) is 3.05. The molecule has 14 heavy (non-hydrogen) atoms. The van der Waals surface area contributed by atoms with E-state index in [1.165, 1.54) is 0 Å². The first-order valence-corrected chi connectivity index (χ1v) is 4.18. The van der Waals surface area contributed by atoms with Crippen molar-refractivity contribution in [1.82, 2.24) is 0 Å². The molecule has 74 valence electrons. The zero-order chi connectivity index (χ0) is 10.4. The molecule has 2 N–H and O–H groups in total. The summed E-state index contributed by atoms with van der Waals surface area (Å²) in [6.07, 6.45) is -0.870. The first-order chi connectivity index (χ1) is 6.76. The van der Waals surface area contributed by atoms with Gasteiger partial charge in [0.15, 0.2) is 0 Å². The number of benzene rings is 1. The Morgan fingerprint density at radius 1 is 1.36 bits per heavy atom. The summed E-state index contributed by atoms with van der Waals surface area (Å²) >= 11 is 0. The smallest absolute Gasteiger partial charge is 0.119 e. The molecule has 0 spiro atoms. The van der Waals surface area contributed by atoms with E-state index in [-0.39, 0.29) is 13.2 Å². The van der Waals surface area contributed by atoms with Crippen LogP contribution in [0.2, 0.25) is 0 Å². The van der Waals surface area contributed by atoms with Crippen LogP contribution in [0.15, 0.2) is 24.3 Å². The lowest BCUT2D eigenvalue weighted by molar-refractivity contribution is 0.0536. The van der Waals surface area contributed by atoms with Gasteiger partial charge < -0.3 is 14.9 Å². The molecule has 1 atom stereocenters. The monoisotopic (exact) mass is 193 g/mol. The predicted octanol–water partition coefficient (Wildman–Crippen LogP) is 0.290. The van der Waals surface area contributed by atoms with Gasteiger partial charge in [-0.3, -0.25) is 0 Å². The van der Waals surface area contributed by atoms with Crippen LogP contribution >= 0.6 is 0 Å². The van der Waals surface area contributed by atoms with Gasteiger partial charge in [0.25, 0.3) is 0 Å². The molecule has 0 aliphatic carbocycles. The fourth-order valence-electron chi connectivity index (χ4n) is 0.871. The summed E-state index contributed by atoms with van der Waals surface area (Å²) < 4.78 is 5.14. The minimum Gasteiger partial charge on any atom is -0.491 e. The summed E-state index contributed by atoms with van der Waals surface area (Å²) in [5.41, 5.74) is 0.556. The Morgan fingerprint density at radius 3 is 2.50 bits per heavy atom. The molecule has 0 aliphatic rings. The largest absolute Gasteiger partial charge is 0.491 e. The molecule has 0 bridgehead atoms. The molecular weight excluding hydrogens is 182 g/mol. The van der Waals surface area contributed by atoms with Crippen molar-refractivity contribution in [2.45, 2.75) is 6.10 Å². The molecule has 0 saturated carbocycles. The SMILES string of the molecule is N#Cc1ccc(OC[C@H](O)CO)cc1. The number of hydrogen-bond donors (Lipinski definition) is 2. The molecule has 4 nitrogen and oxygen atoms in total. The molecule has 1 rings (SSSR count). The Labute approximate surface area is 82.0 Å². The highest BCUT2D eigenvalue weighted by atomic mass is 16.5. The fourth-order valence-corrected chi connectivity index (χ4v) is 0.871. The molecule has 0 saturated heterocycles. The van der Waals surface area contributed by atoms with Gasteiger partial charge in [0.1, 0.15) is 18.5 Å². The second-order valence-corrected chi connectivity index (χ2v) is 2.78. The van der Waals surface area contributed by atoms with Crippen molar-refractivity contribution in [3.8, 4) is 11.8 Å². The molecule has 1 aromatic carbocycles. The standard InChI is InChI=1S/C10H11NO3/c11-5-8-1-3-10(4-2-8)14-7-9(13)6-12/h1-4,9,12-13H,6-7H2/t9-/m1/s1. The first-order valence-electron chi connectivity index (χ1n) is 4.18. The summed E-state index contributed by atoms with van der Waals surface area (Å²) in [6.45, 7) is -0.279. The number of ether oxygens (including phenoxy) is 1. The van der Waals surface area contributed by atoms with E-state index in [9.17, 15) is 0 Å². The van der Waals surface area contributed by atoms with E-state index in [1.54, 1.807) is 24.3 Å². The zero-order valence-electron chi connectivity index (χ0n) is 7.55. The van der Waals surface area contributed by atoms with Gasteiger partial charge in [0.2, 0.25) is 0 Å². The number of aliphatic hydroxyl groups excluding tert-OH is 2. The number of hydrogen-bond acceptors (Lipinski definition) is 4. The summed E-state index contributed by atoms with van der Waals surface area (Å²) in [7, 11) is 0. The highest BCUT2D eigenvalue weighted by Crippen LogP contribution is 2.11. The lowest BCUT2D eigenvalue weighted by Crippen LogP contribution is -2.21. The van der Waals surface area contributed by atoms with Gasteiger partial charge >= 0.3 is 0 Å². The number of rotatable bonds is 4. The molecule has 0 amide bonds. The lowest BCUT2D eigenvalue weighted by atomic mass is 10.2. The quantitative estimate of drug-likeness (QED) is 0.720. The van der Waals surface area contributed by atoms with Crippen LogP contribution in [0, 0.1) is 11.3 Å². The molecule has 0 aromatic heterocycles. The molecule has 0 aliphatic heterocycles. The van der Waals surface area contributed by atoms with Crippen molar-refractivity contribution in [2.75, 3.05) is 13.2 Å². The summed E-state index contributed by atoms with van der Waals surface area (Å²) in [5, 5.41) is 26.0. The van der Waals surface area contributed by atoms with Gasteiger partial charge in [-0.05, 0) is 24.3 Å². The number of nitriles is 1. The van der Waals surface area contributed by atoms with Crippen molar-refractivity contribution in [2.24, 2.45) is 0 Å². The van der Waals surface area contributed by atoms with Crippen LogP contribution in [-0.2, 0) is 0 Å². The van der Waals surface area contributed by atoms with Crippen LogP contribution in [0.1, 0.15) is 5.56 Å². The van der Waals surface area contributed by atoms with Gasteiger partial charge in [-0.2, -0.15) is 5.26 Å². The van der Waals surface area contributed by atoms with Gasteiger partial charge in [-0.15, -0.1) is 0 Å². The molecule has 0 radical (unpaired) electrons. The molecule has 0 heterocycles. The van der Waals surface area contributed by atoms with E-state index in [0.717, 1.165) is 0 Å². The minimum atomic E-state index is -0.870. The van der Waals surface area contributed by atoms with E-state index in [2.05, 4.69) is 0 Å². The Balaban J connectivity index is 2.49. The van der Waals surface area contributed by atoms with Crippen LogP contribution in [0.25, 0.3) is 0 Å². The van der Waals surface area contributed by atoms with Crippen molar-refractivity contribution < 1.29 is 14.9 Å². The van der Waals surface area contributed by atoms with Crippen LogP contribution in [0.3, 0.4) is 0 Å². The maximum absolute atomic E-state index is 8.99.